The third kappa shape index (κ3) is 4.24. The molecule has 0 saturated carbocycles. The van der Waals surface area contributed by atoms with Crippen molar-refractivity contribution in [1.29, 1.82) is 0 Å². The molecule has 0 aromatic heterocycles. The summed E-state index contributed by atoms with van der Waals surface area (Å²) in [5.74, 6) is 0. The summed E-state index contributed by atoms with van der Waals surface area (Å²) in [5.41, 5.74) is 4.91. The van der Waals surface area contributed by atoms with Crippen LogP contribution in [-0.2, 0) is 0 Å². The van der Waals surface area contributed by atoms with Gasteiger partial charge in [0.05, 0.1) is 6.04 Å². The molecule has 2 heteroatoms. The second-order valence-corrected chi connectivity index (χ2v) is 13.0. The highest BCUT2D eigenvalue weighted by Gasteiger charge is 2.28. The fraction of sp³-hybridized carbons (Fsp3) is 0.0435. The summed E-state index contributed by atoms with van der Waals surface area (Å²) in [6.07, 6.45) is 2.34. The van der Waals surface area contributed by atoms with Gasteiger partial charge < -0.3 is 5.32 Å². The Morgan fingerprint density at radius 2 is 0.979 bits per heavy atom. The van der Waals surface area contributed by atoms with Crippen molar-refractivity contribution in [2.75, 3.05) is 0 Å². The zero-order valence-electron chi connectivity index (χ0n) is 26.3. The zero-order valence-corrected chi connectivity index (χ0v) is 26.3. The second-order valence-electron chi connectivity index (χ2n) is 13.0. The average Bonchev–Trinajstić information content (AvgIpc) is 3.16. The quantitative estimate of drug-likeness (QED) is 0.153. The number of nitrogens with one attached hydrogen (secondary N) is 2. The normalized spacial score (nSPS) is 16.5. The van der Waals surface area contributed by atoms with Crippen LogP contribution < -0.4 is 10.6 Å². The van der Waals surface area contributed by atoms with Gasteiger partial charge in [0.1, 0.15) is 6.17 Å². The number of rotatable bonds is 3. The SMILES string of the molecule is C1=C(c2c3ccccc3cc3ccc4ccccc4c23)NC(c2ccccc2)NC1c1c2ccccc2cc2c1ccc1ccccc12. The standard InChI is InChI=1S/C46H32N2/c1-2-14-31(15-3-1)46-47-41(44-37-20-10-7-17-33(37)27-40-35-18-8-4-12-29(35)24-25-39(40)44)28-42(48-46)45-38-21-11-6-16-32(38)26-34-23-22-30-13-5-9-19-36(30)43(34)45/h1-28,41,46-48H. The van der Waals surface area contributed by atoms with Crippen molar-refractivity contribution >= 4 is 70.3 Å². The third-order valence-electron chi connectivity index (χ3n) is 10.3. The highest BCUT2D eigenvalue weighted by Crippen LogP contribution is 2.43. The fourth-order valence-electron chi connectivity index (χ4n) is 8.10. The van der Waals surface area contributed by atoms with Gasteiger partial charge in [-0.3, -0.25) is 5.32 Å². The van der Waals surface area contributed by atoms with Gasteiger partial charge in [-0.1, -0.05) is 152 Å². The molecule has 0 saturated heterocycles. The molecule has 0 spiro atoms. The van der Waals surface area contributed by atoms with Crippen molar-refractivity contribution in [2.45, 2.75) is 12.2 Å². The van der Waals surface area contributed by atoms with Crippen LogP contribution in [0.5, 0.6) is 0 Å². The molecule has 9 aromatic carbocycles. The molecule has 1 heterocycles. The molecule has 10 rings (SSSR count). The predicted molar refractivity (Wildman–Crippen MR) is 204 cm³/mol. The van der Waals surface area contributed by atoms with Crippen molar-refractivity contribution in [2.24, 2.45) is 0 Å². The smallest absolute Gasteiger partial charge is 0.104 e. The van der Waals surface area contributed by atoms with Gasteiger partial charge in [-0.2, -0.15) is 0 Å². The summed E-state index contributed by atoms with van der Waals surface area (Å²) in [5, 5.41) is 23.3. The van der Waals surface area contributed by atoms with Gasteiger partial charge in [0, 0.05) is 11.3 Å². The van der Waals surface area contributed by atoms with E-state index >= 15 is 0 Å². The summed E-state index contributed by atoms with van der Waals surface area (Å²) in [6, 6.07) is 59.8. The zero-order chi connectivity index (χ0) is 31.6. The molecule has 1 aliphatic rings. The molecular weight excluding hydrogens is 581 g/mol. The minimum Gasteiger partial charge on any atom is -0.366 e. The monoisotopic (exact) mass is 612 g/mol. The lowest BCUT2D eigenvalue weighted by molar-refractivity contribution is 0.446. The predicted octanol–water partition coefficient (Wildman–Crippen LogP) is 11.6. The van der Waals surface area contributed by atoms with Crippen LogP contribution in [-0.4, -0.2) is 0 Å². The van der Waals surface area contributed by atoms with E-state index in [1.807, 2.05) is 0 Å². The van der Waals surface area contributed by atoms with Crippen molar-refractivity contribution in [3.63, 3.8) is 0 Å². The molecule has 226 valence electrons. The van der Waals surface area contributed by atoms with Crippen LogP contribution in [0.15, 0.2) is 170 Å². The van der Waals surface area contributed by atoms with Crippen LogP contribution in [0.4, 0.5) is 0 Å². The summed E-state index contributed by atoms with van der Waals surface area (Å²) < 4.78 is 0. The van der Waals surface area contributed by atoms with Gasteiger partial charge in [0.2, 0.25) is 0 Å². The van der Waals surface area contributed by atoms with Gasteiger partial charge in [0.15, 0.2) is 0 Å². The van der Waals surface area contributed by atoms with E-state index in [1.165, 1.54) is 81.3 Å². The molecule has 0 amide bonds. The maximum Gasteiger partial charge on any atom is 0.104 e. The Labute approximate surface area is 278 Å². The topological polar surface area (TPSA) is 24.1 Å². The lowest BCUT2D eigenvalue weighted by Crippen LogP contribution is -2.39. The number of hydrogen-bond acceptors (Lipinski definition) is 2. The molecule has 0 radical (unpaired) electrons. The number of fused-ring (bicyclic) bond motifs is 8. The Morgan fingerprint density at radius 1 is 0.396 bits per heavy atom. The minimum atomic E-state index is -0.102. The van der Waals surface area contributed by atoms with Crippen LogP contribution in [0.1, 0.15) is 28.9 Å². The first kappa shape index (κ1) is 27.2. The Balaban J connectivity index is 1.32. The summed E-state index contributed by atoms with van der Waals surface area (Å²) in [4.78, 5) is 0. The van der Waals surface area contributed by atoms with Crippen LogP contribution in [0, 0.1) is 0 Å². The molecule has 2 unspecified atom stereocenters. The molecule has 2 N–H and O–H groups in total. The first-order valence-electron chi connectivity index (χ1n) is 16.8. The summed E-state index contributed by atoms with van der Waals surface area (Å²) in [6.45, 7) is 0. The van der Waals surface area contributed by atoms with E-state index in [0.717, 1.165) is 5.70 Å². The van der Waals surface area contributed by atoms with Crippen LogP contribution >= 0.6 is 0 Å². The second kappa shape index (κ2) is 10.8. The van der Waals surface area contributed by atoms with Gasteiger partial charge in [-0.25, -0.2) is 0 Å². The van der Waals surface area contributed by atoms with Crippen LogP contribution in [0.25, 0.3) is 70.3 Å². The van der Waals surface area contributed by atoms with Gasteiger partial charge in [0.25, 0.3) is 0 Å². The molecule has 0 aliphatic carbocycles. The Morgan fingerprint density at radius 3 is 1.77 bits per heavy atom. The first-order valence-corrected chi connectivity index (χ1v) is 16.8. The lowest BCUT2D eigenvalue weighted by atomic mass is 9.86. The average molecular weight is 613 g/mol. The lowest BCUT2D eigenvalue weighted by Gasteiger charge is -2.35. The van der Waals surface area contributed by atoms with E-state index in [4.69, 9.17) is 0 Å². The Kier molecular flexibility index (Phi) is 6.12. The van der Waals surface area contributed by atoms with E-state index in [1.54, 1.807) is 0 Å². The van der Waals surface area contributed by atoms with Gasteiger partial charge in [-0.05, 0) is 94.0 Å². The first-order chi connectivity index (χ1) is 23.8. The maximum absolute atomic E-state index is 4.06. The van der Waals surface area contributed by atoms with Gasteiger partial charge in [-0.15, -0.1) is 0 Å². The highest BCUT2D eigenvalue weighted by atomic mass is 15.2. The van der Waals surface area contributed by atoms with E-state index in [2.05, 4.69) is 181 Å². The minimum absolute atomic E-state index is 0.0646. The molecule has 0 bridgehead atoms. The van der Waals surface area contributed by atoms with E-state index in [-0.39, 0.29) is 12.2 Å². The Hall–Kier alpha value is -5.96. The highest BCUT2D eigenvalue weighted by molar-refractivity contribution is 6.19. The van der Waals surface area contributed by atoms with Crippen LogP contribution in [0.2, 0.25) is 0 Å². The molecule has 2 nitrogen and oxygen atoms in total. The number of benzene rings is 9. The molecule has 1 aliphatic heterocycles. The van der Waals surface area contributed by atoms with Crippen molar-refractivity contribution < 1.29 is 0 Å². The van der Waals surface area contributed by atoms with Gasteiger partial charge >= 0.3 is 0 Å². The van der Waals surface area contributed by atoms with E-state index in [0.29, 0.717) is 0 Å². The third-order valence-corrected chi connectivity index (χ3v) is 10.3. The summed E-state index contributed by atoms with van der Waals surface area (Å²) in [7, 11) is 0. The molecule has 2 atom stereocenters. The van der Waals surface area contributed by atoms with Crippen molar-refractivity contribution in [1.82, 2.24) is 10.6 Å². The fourth-order valence-corrected chi connectivity index (χ4v) is 8.10. The summed E-state index contributed by atoms with van der Waals surface area (Å²) >= 11 is 0. The molecular formula is C46H32N2. The molecule has 9 aromatic rings. The van der Waals surface area contributed by atoms with E-state index in [9.17, 15) is 0 Å². The molecule has 48 heavy (non-hydrogen) atoms. The van der Waals surface area contributed by atoms with Crippen molar-refractivity contribution in [3.05, 3.63) is 187 Å². The Bertz CT molecular complexity index is 2740. The van der Waals surface area contributed by atoms with Crippen molar-refractivity contribution in [3.8, 4) is 0 Å². The maximum atomic E-state index is 4.06. The van der Waals surface area contributed by atoms with Crippen LogP contribution in [0.3, 0.4) is 0 Å². The number of hydrogen-bond donors (Lipinski definition) is 2. The van der Waals surface area contributed by atoms with E-state index < -0.39 is 0 Å². The largest absolute Gasteiger partial charge is 0.366 e. The molecule has 0 fully saturated rings.